The lowest BCUT2D eigenvalue weighted by Gasteiger charge is -2.11. The summed E-state index contributed by atoms with van der Waals surface area (Å²) in [5.41, 5.74) is 1.35. The van der Waals surface area contributed by atoms with Crippen molar-refractivity contribution in [3.63, 3.8) is 0 Å². The monoisotopic (exact) mass is 256 g/mol. The Bertz CT molecular complexity index is 509. The van der Waals surface area contributed by atoms with Crippen LogP contribution in [0.5, 0.6) is 0 Å². The minimum Gasteiger partial charge on any atom is -0.411 e. The maximum atomic E-state index is 11.6. The summed E-state index contributed by atoms with van der Waals surface area (Å²) in [7, 11) is -3.34. The van der Waals surface area contributed by atoms with E-state index in [2.05, 4.69) is 9.88 Å². The molecule has 1 rings (SSSR count). The summed E-state index contributed by atoms with van der Waals surface area (Å²) in [4.78, 5) is 0. The highest BCUT2D eigenvalue weighted by atomic mass is 32.2. The quantitative estimate of drug-likeness (QED) is 0.480. The van der Waals surface area contributed by atoms with E-state index in [1.165, 1.54) is 0 Å². The van der Waals surface area contributed by atoms with Crippen LogP contribution >= 0.6 is 0 Å². The summed E-state index contributed by atoms with van der Waals surface area (Å²) in [5, 5.41) is 11.8. The van der Waals surface area contributed by atoms with Crippen molar-refractivity contribution >= 4 is 21.4 Å². The topological polar surface area (TPSA) is 78.8 Å². The molecule has 0 aliphatic carbocycles. The first-order valence-corrected chi connectivity index (χ1v) is 6.94. The zero-order valence-electron chi connectivity index (χ0n) is 9.84. The third kappa shape index (κ3) is 3.74. The summed E-state index contributed by atoms with van der Waals surface area (Å²) >= 11 is 0. The second-order valence-corrected chi connectivity index (χ2v) is 5.49. The van der Waals surface area contributed by atoms with Crippen molar-refractivity contribution in [2.45, 2.75) is 20.3 Å². The van der Waals surface area contributed by atoms with Gasteiger partial charge in [0.05, 0.1) is 17.2 Å². The van der Waals surface area contributed by atoms with Crippen LogP contribution < -0.4 is 4.72 Å². The zero-order valence-corrected chi connectivity index (χ0v) is 10.7. The first-order valence-electron chi connectivity index (χ1n) is 5.28. The van der Waals surface area contributed by atoms with Crippen LogP contribution in [0.4, 0.5) is 5.69 Å². The van der Waals surface area contributed by atoms with Gasteiger partial charge >= 0.3 is 0 Å². The van der Waals surface area contributed by atoms with E-state index in [1.54, 1.807) is 38.1 Å². The molecule has 0 fully saturated rings. The van der Waals surface area contributed by atoms with Crippen LogP contribution in [0.1, 0.15) is 25.8 Å². The average molecular weight is 256 g/mol. The fourth-order valence-electron chi connectivity index (χ4n) is 1.43. The Morgan fingerprint density at radius 1 is 1.41 bits per heavy atom. The molecular weight excluding hydrogens is 240 g/mol. The van der Waals surface area contributed by atoms with Crippen molar-refractivity contribution in [2.75, 3.05) is 10.5 Å². The van der Waals surface area contributed by atoms with Crippen LogP contribution in [-0.2, 0) is 10.0 Å². The van der Waals surface area contributed by atoms with Gasteiger partial charge in [-0.05, 0) is 19.4 Å². The fourth-order valence-corrected chi connectivity index (χ4v) is 2.58. The molecule has 0 amide bonds. The van der Waals surface area contributed by atoms with E-state index in [0.717, 1.165) is 0 Å². The number of hydrogen-bond donors (Lipinski definition) is 2. The number of nitrogens with zero attached hydrogens (tertiary/aromatic N) is 1. The number of anilines is 1. The summed E-state index contributed by atoms with van der Waals surface area (Å²) in [5.74, 6) is 0.0661. The third-order valence-electron chi connectivity index (χ3n) is 2.21. The number of hydrogen-bond acceptors (Lipinski definition) is 4. The van der Waals surface area contributed by atoms with E-state index in [9.17, 15) is 8.42 Å². The van der Waals surface area contributed by atoms with E-state index in [-0.39, 0.29) is 5.75 Å². The van der Waals surface area contributed by atoms with Crippen molar-refractivity contribution in [1.82, 2.24) is 0 Å². The summed E-state index contributed by atoms with van der Waals surface area (Å²) in [6.07, 6.45) is 0.546. The van der Waals surface area contributed by atoms with Crippen LogP contribution in [0.2, 0.25) is 0 Å². The van der Waals surface area contributed by atoms with Gasteiger partial charge in [-0.25, -0.2) is 8.42 Å². The number of sulfonamides is 1. The minimum absolute atomic E-state index is 0.0661. The molecule has 0 bridgehead atoms. The highest BCUT2D eigenvalue weighted by molar-refractivity contribution is 7.92. The van der Waals surface area contributed by atoms with Crippen molar-refractivity contribution in [3.8, 4) is 0 Å². The van der Waals surface area contributed by atoms with Gasteiger partial charge in [0, 0.05) is 5.56 Å². The second kappa shape index (κ2) is 5.67. The fraction of sp³-hybridized carbons (Fsp3) is 0.364. The Kier molecular flexibility index (Phi) is 4.51. The number of oxime groups is 1. The Morgan fingerprint density at radius 2 is 2.06 bits per heavy atom. The zero-order chi connectivity index (χ0) is 12.9. The molecule has 94 valence electrons. The van der Waals surface area contributed by atoms with Gasteiger partial charge in [-0.3, -0.25) is 4.72 Å². The number of para-hydroxylation sites is 1. The van der Waals surface area contributed by atoms with Crippen molar-refractivity contribution in [1.29, 1.82) is 0 Å². The molecule has 1 aromatic rings. The predicted molar refractivity (Wildman–Crippen MR) is 68.1 cm³/mol. The maximum absolute atomic E-state index is 11.6. The van der Waals surface area contributed by atoms with E-state index >= 15 is 0 Å². The van der Waals surface area contributed by atoms with Gasteiger partial charge in [0.1, 0.15) is 0 Å². The van der Waals surface area contributed by atoms with Gasteiger partial charge in [-0.15, -0.1) is 0 Å². The first-order chi connectivity index (χ1) is 8.00. The van der Waals surface area contributed by atoms with E-state index in [0.29, 0.717) is 23.4 Å². The molecule has 17 heavy (non-hydrogen) atoms. The molecule has 6 heteroatoms. The molecule has 0 heterocycles. The summed E-state index contributed by atoms with van der Waals surface area (Å²) in [6, 6.07) is 6.80. The Balaban J connectivity index is 3.07. The van der Waals surface area contributed by atoms with Crippen LogP contribution in [0, 0.1) is 0 Å². The smallest absolute Gasteiger partial charge is 0.232 e. The Labute approximate surface area is 101 Å². The molecule has 0 radical (unpaired) electrons. The molecule has 2 N–H and O–H groups in total. The highest BCUT2D eigenvalue weighted by Gasteiger charge is 2.12. The van der Waals surface area contributed by atoms with Crippen molar-refractivity contribution in [2.24, 2.45) is 5.16 Å². The minimum atomic E-state index is -3.34. The van der Waals surface area contributed by atoms with Crippen molar-refractivity contribution in [3.05, 3.63) is 29.8 Å². The summed E-state index contributed by atoms with van der Waals surface area (Å²) in [6.45, 7) is 3.40. The van der Waals surface area contributed by atoms with E-state index in [4.69, 9.17) is 5.21 Å². The molecule has 0 aromatic heterocycles. The molecule has 5 nitrogen and oxygen atoms in total. The molecule has 0 saturated heterocycles. The standard InChI is InChI=1S/C11H16N2O3S/c1-3-8-17(15,16)13-11-7-5-4-6-10(11)9(2)12-14/h4-7,13-14H,3,8H2,1-2H3/b12-9+. The SMILES string of the molecule is CCCS(=O)(=O)Nc1ccccc1/C(C)=N/O. The van der Waals surface area contributed by atoms with Gasteiger partial charge < -0.3 is 5.21 Å². The van der Waals surface area contributed by atoms with Crippen LogP contribution in [0.25, 0.3) is 0 Å². The predicted octanol–water partition coefficient (Wildman–Crippen LogP) is 2.04. The maximum Gasteiger partial charge on any atom is 0.232 e. The van der Waals surface area contributed by atoms with Gasteiger partial charge in [0.2, 0.25) is 10.0 Å². The number of benzene rings is 1. The van der Waals surface area contributed by atoms with Gasteiger partial charge in [-0.1, -0.05) is 30.3 Å². The second-order valence-electron chi connectivity index (χ2n) is 3.65. The van der Waals surface area contributed by atoms with Gasteiger partial charge in [0.25, 0.3) is 0 Å². The number of rotatable bonds is 5. The first kappa shape index (κ1) is 13.5. The molecule has 1 aromatic carbocycles. The molecule has 0 saturated carbocycles. The van der Waals surface area contributed by atoms with E-state index in [1.807, 2.05) is 0 Å². The van der Waals surface area contributed by atoms with Crippen LogP contribution in [0.3, 0.4) is 0 Å². The molecule has 0 atom stereocenters. The normalized spacial score (nSPS) is 12.5. The molecule has 0 aliphatic rings. The molecular formula is C11H16N2O3S. The number of nitrogens with one attached hydrogen (secondary N) is 1. The lowest BCUT2D eigenvalue weighted by molar-refractivity contribution is 0.319. The average Bonchev–Trinajstić information content (AvgIpc) is 2.28. The van der Waals surface area contributed by atoms with Crippen LogP contribution in [0.15, 0.2) is 29.4 Å². The Morgan fingerprint density at radius 3 is 2.65 bits per heavy atom. The Hall–Kier alpha value is -1.56. The molecule has 0 aliphatic heterocycles. The summed E-state index contributed by atoms with van der Waals surface area (Å²) < 4.78 is 25.8. The van der Waals surface area contributed by atoms with E-state index < -0.39 is 10.0 Å². The largest absolute Gasteiger partial charge is 0.411 e. The van der Waals surface area contributed by atoms with Gasteiger partial charge in [-0.2, -0.15) is 0 Å². The lowest BCUT2D eigenvalue weighted by Crippen LogP contribution is -2.17. The lowest BCUT2D eigenvalue weighted by atomic mass is 10.1. The van der Waals surface area contributed by atoms with Crippen LogP contribution in [-0.4, -0.2) is 25.1 Å². The molecule has 0 unspecified atom stereocenters. The molecule has 0 spiro atoms. The van der Waals surface area contributed by atoms with Crippen molar-refractivity contribution < 1.29 is 13.6 Å². The van der Waals surface area contributed by atoms with Gasteiger partial charge in [0.15, 0.2) is 0 Å². The third-order valence-corrected chi connectivity index (χ3v) is 3.68. The highest BCUT2D eigenvalue weighted by Crippen LogP contribution is 2.17.